The molecule has 0 aliphatic heterocycles. The highest BCUT2D eigenvalue weighted by molar-refractivity contribution is 5.48. The van der Waals surface area contributed by atoms with Gasteiger partial charge in [0.2, 0.25) is 0 Å². The van der Waals surface area contributed by atoms with Crippen LogP contribution in [-0.2, 0) is 0 Å². The Hall–Kier alpha value is -3.41. The molecule has 0 spiro atoms. The molecule has 0 saturated carbocycles. The number of rotatable bonds is 5. The molecule has 6 heteroatoms. The van der Waals surface area contributed by atoms with Gasteiger partial charge >= 0.3 is 0 Å². The smallest absolute Gasteiger partial charge is 0.133 e. The fraction of sp³-hybridized carbons (Fsp3) is 0.150. The molecule has 1 atom stereocenters. The van der Waals surface area contributed by atoms with Gasteiger partial charge in [0.1, 0.15) is 11.9 Å². The summed E-state index contributed by atoms with van der Waals surface area (Å²) < 4.78 is 1.89. The second kappa shape index (κ2) is 6.84. The quantitative estimate of drug-likeness (QED) is 0.577. The van der Waals surface area contributed by atoms with Crippen molar-refractivity contribution in [3.8, 4) is 5.69 Å². The Balaban J connectivity index is 1.64. The minimum absolute atomic E-state index is 0.129. The molecule has 3 heterocycles. The first-order chi connectivity index (χ1) is 12.7. The third-order valence-corrected chi connectivity index (χ3v) is 4.30. The third-order valence-electron chi connectivity index (χ3n) is 4.30. The summed E-state index contributed by atoms with van der Waals surface area (Å²) in [4.78, 5) is 11.8. The zero-order valence-corrected chi connectivity index (χ0v) is 14.7. The first kappa shape index (κ1) is 16.1. The van der Waals surface area contributed by atoms with Gasteiger partial charge in [0.05, 0.1) is 23.8 Å². The molecule has 0 radical (unpaired) electrons. The molecule has 4 rings (SSSR count). The second-order valence-electron chi connectivity index (χ2n) is 6.30. The number of nitrogens with zero attached hydrogens (tertiary/aromatic N) is 4. The van der Waals surface area contributed by atoms with E-state index in [9.17, 15) is 0 Å². The molecule has 26 heavy (non-hydrogen) atoms. The molecule has 6 nitrogen and oxygen atoms in total. The molecule has 4 aromatic rings. The maximum atomic E-state index is 4.51. The van der Waals surface area contributed by atoms with E-state index in [-0.39, 0.29) is 6.04 Å². The number of imidazole rings is 1. The van der Waals surface area contributed by atoms with Gasteiger partial charge in [-0.25, -0.2) is 9.67 Å². The number of pyridine rings is 1. The van der Waals surface area contributed by atoms with Gasteiger partial charge in [-0.15, -0.1) is 0 Å². The molecule has 0 aliphatic rings. The number of anilines is 1. The lowest BCUT2D eigenvalue weighted by Gasteiger charge is -2.16. The van der Waals surface area contributed by atoms with Crippen molar-refractivity contribution in [2.75, 3.05) is 5.32 Å². The maximum absolute atomic E-state index is 4.51. The van der Waals surface area contributed by atoms with Crippen LogP contribution < -0.4 is 5.32 Å². The Morgan fingerprint density at radius 2 is 2.04 bits per heavy atom. The summed E-state index contributed by atoms with van der Waals surface area (Å²) in [5.74, 6) is 0.831. The highest BCUT2D eigenvalue weighted by atomic mass is 15.3. The zero-order chi connectivity index (χ0) is 17.9. The van der Waals surface area contributed by atoms with E-state index in [0.29, 0.717) is 0 Å². The predicted octanol–water partition coefficient (Wildman–Crippen LogP) is 3.81. The fourth-order valence-corrected chi connectivity index (χ4v) is 3.05. The summed E-state index contributed by atoms with van der Waals surface area (Å²) in [6, 6.07) is 10.2. The lowest BCUT2D eigenvalue weighted by molar-refractivity contribution is 0.847. The van der Waals surface area contributed by atoms with Gasteiger partial charge in [-0.2, -0.15) is 5.10 Å². The molecular weight excluding hydrogens is 324 g/mol. The van der Waals surface area contributed by atoms with Crippen LogP contribution in [0.3, 0.4) is 0 Å². The summed E-state index contributed by atoms with van der Waals surface area (Å²) in [5.41, 5.74) is 5.44. The normalized spacial score (nSPS) is 12.1. The first-order valence-electron chi connectivity index (χ1n) is 8.49. The van der Waals surface area contributed by atoms with Gasteiger partial charge in [0.25, 0.3) is 0 Å². The number of aromatic amines is 1. The Labute approximate surface area is 152 Å². The third kappa shape index (κ3) is 3.21. The van der Waals surface area contributed by atoms with Crippen molar-refractivity contribution < 1.29 is 0 Å². The topological polar surface area (TPSA) is 71.4 Å². The number of aryl methyl sites for hydroxylation is 2. The van der Waals surface area contributed by atoms with E-state index < -0.39 is 0 Å². The molecule has 0 aliphatic carbocycles. The molecule has 0 saturated heterocycles. The van der Waals surface area contributed by atoms with Crippen LogP contribution in [0.5, 0.6) is 0 Å². The van der Waals surface area contributed by atoms with Gasteiger partial charge in [-0.05, 0) is 31.5 Å². The number of nitrogens with one attached hydrogen (secondary N) is 2. The van der Waals surface area contributed by atoms with E-state index in [2.05, 4.69) is 57.4 Å². The Kier molecular flexibility index (Phi) is 4.23. The van der Waals surface area contributed by atoms with E-state index in [1.807, 2.05) is 41.6 Å². The van der Waals surface area contributed by atoms with E-state index in [1.54, 1.807) is 12.4 Å². The van der Waals surface area contributed by atoms with Crippen molar-refractivity contribution in [3.63, 3.8) is 0 Å². The van der Waals surface area contributed by atoms with Crippen LogP contribution in [0.1, 0.15) is 28.6 Å². The van der Waals surface area contributed by atoms with E-state index in [1.165, 1.54) is 11.1 Å². The molecule has 2 N–H and O–H groups in total. The lowest BCUT2D eigenvalue weighted by atomic mass is 10.1. The molecule has 3 aromatic heterocycles. The molecular formula is C20H20N6. The predicted molar refractivity (Wildman–Crippen MR) is 101 cm³/mol. The first-order valence-corrected chi connectivity index (χ1v) is 8.49. The molecule has 1 aromatic carbocycles. The Morgan fingerprint density at radius 3 is 2.77 bits per heavy atom. The van der Waals surface area contributed by atoms with E-state index >= 15 is 0 Å². The molecule has 130 valence electrons. The van der Waals surface area contributed by atoms with Crippen LogP contribution >= 0.6 is 0 Å². The molecule has 0 amide bonds. The molecule has 0 bridgehead atoms. The van der Waals surface area contributed by atoms with Gasteiger partial charge in [0, 0.05) is 30.4 Å². The Bertz CT molecular complexity index is 988. The number of hydrogen-bond donors (Lipinski definition) is 2. The second-order valence-corrected chi connectivity index (χ2v) is 6.30. The Morgan fingerprint density at radius 1 is 1.12 bits per heavy atom. The highest BCUT2D eigenvalue weighted by Gasteiger charge is 2.17. The summed E-state index contributed by atoms with van der Waals surface area (Å²) in [7, 11) is 0. The maximum Gasteiger partial charge on any atom is 0.133 e. The van der Waals surface area contributed by atoms with Crippen molar-refractivity contribution in [1.82, 2.24) is 24.7 Å². The van der Waals surface area contributed by atoms with Crippen LogP contribution in [0.2, 0.25) is 0 Å². The summed E-state index contributed by atoms with van der Waals surface area (Å²) in [5, 5.41) is 8.01. The summed E-state index contributed by atoms with van der Waals surface area (Å²) in [6.07, 6.45) is 11.0. The van der Waals surface area contributed by atoms with Crippen LogP contribution in [0.25, 0.3) is 5.69 Å². The standard InChI is InChI=1S/C20H20N6/c1-14-5-6-18(15(2)10-14)26-13-17(12-24-26)25-19(20-22-8-9-23-20)16-4-3-7-21-11-16/h3-13,19,25H,1-2H3,(H,22,23). The van der Waals surface area contributed by atoms with Crippen LogP contribution in [-0.4, -0.2) is 24.7 Å². The van der Waals surface area contributed by atoms with Crippen molar-refractivity contribution in [2.45, 2.75) is 19.9 Å². The summed E-state index contributed by atoms with van der Waals surface area (Å²) in [6.45, 7) is 4.19. The van der Waals surface area contributed by atoms with Crippen LogP contribution in [0.15, 0.2) is 67.5 Å². The number of hydrogen-bond acceptors (Lipinski definition) is 4. The molecule has 0 fully saturated rings. The van der Waals surface area contributed by atoms with Gasteiger partial charge in [0.15, 0.2) is 0 Å². The largest absolute Gasteiger partial charge is 0.369 e. The SMILES string of the molecule is Cc1ccc(-n2cc(NC(c3cccnc3)c3ncc[nH]3)cn2)c(C)c1. The van der Waals surface area contributed by atoms with Gasteiger partial charge in [-0.1, -0.05) is 23.8 Å². The van der Waals surface area contributed by atoms with Crippen molar-refractivity contribution >= 4 is 5.69 Å². The van der Waals surface area contributed by atoms with Gasteiger partial charge < -0.3 is 10.3 Å². The van der Waals surface area contributed by atoms with Crippen molar-refractivity contribution in [2.24, 2.45) is 0 Å². The van der Waals surface area contributed by atoms with Crippen LogP contribution in [0.4, 0.5) is 5.69 Å². The number of H-pyrrole nitrogens is 1. The highest BCUT2D eigenvalue weighted by Crippen LogP contribution is 2.24. The van der Waals surface area contributed by atoms with Crippen molar-refractivity contribution in [1.29, 1.82) is 0 Å². The van der Waals surface area contributed by atoms with Gasteiger partial charge in [-0.3, -0.25) is 4.98 Å². The van der Waals surface area contributed by atoms with Crippen molar-refractivity contribution in [3.05, 3.63) is 90.0 Å². The monoisotopic (exact) mass is 344 g/mol. The minimum atomic E-state index is -0.129. The van der Waals surface area contributed by atoms with E-state index in [4.69, 9.17) is 0 Å². The minimum Gasteiger partial charge on any atom is -0.369 e. The number of benzene rings is 1. The van der Waals surface area contributed by atoms with Crippen LogP contribution in [0, 0.1) is 13.8 Å². The molecule has 1 unspecified atom stereocenters. The summed E-state index contributed by atoms with van der Waals surface area (Å²) >= 11 is 0. The number of aromatic nitrogens is 5. The average molecular weight is 344 g/mol. The van der Waals surface area contributed by atoms with E-state index in [0.717, 1.165) is 22.8 Å². The zero-order valence-electron chi connectivity index (χ0n) is 14.7. The average Bonchev–Trinajstić information content (AvgIpc) is 3.32. The fourth-order valence-electron chi connectivity index (χ4n) is 3.05. The lowest BCUT2D eigenvalue weighted by Crippen LogP contribution is -2.13.